The van der Waals surface area contributed by atoms with Gasteiger partial charge in [-0.25, -0.2) is 9.37 Å². The van der Waals surface area contributed by atoms with Crippen molar-refractivity contribution in [3.63, 3.8) is 0 Å². The molecule has 3 heterocycles. The molecule has 0 aliphatic carbocycles. The number of aromatic nitrogens is 1. The molecule has 0 bridgehead atoms. The topological polar surface area (TPSA) is 35.3 Å². The van der Waals surface area contributed by atoms with Crippen LogP contribution in [0.1, 0.15) is 30.0 Å². The molecule has 2 aromatic heterocycles. The number of pyridine rings is 1. The quantitative estimate of drug-likeness (QED) is 0.310. The molecule has 1 fully saturated rings. The molecule has 1 saturated heterocycles. The summed E-state index contributed by atoms with van der Waals surface area (Å²) in [5.41, 5.74) is 5.01. The molecular formula is C27H22FNO2. The zero-order chi connectivity index (χ0) is 20.9. The van der Waals surface area contributed by atoms with Gasteiger partial charge >= 0.3 is 0 Å². The van der Waals surface area contributed by atoms with Gasteiger partial charge in [0.2, 0.25) is 0 Å². The number of aryl methyl sites for hydroxylation is 1. The summed E-state index contributed by atoms with van der Waals surface area (Å²) >= 11 is 0. The molecule has 0 radical (unpaired) electrons. The van der Waals surface area contributed by atoms with Crippen molar-refractivity contribution in [3.05, 3.63) is 77.7 Å². The highest BCUT2D eigenvalue weighted by Gasteiger charge is 2.25. The number of ether oxygens (including phenoxy) is 1. The Hall–Kier alpha value is -3.24. The van der Waals surface area contributed by atoms with Crippen molar-refractivity contribution in [2.45, 2.75) is 25.7 Å². The van der Waals surface area contributed by atoms with Crippen LogP contribution in [0.3, 0.4) is 0 Å². The van der Waals surface area contributed by atoms with Crippen molar-refractivity contribution in [2.24, 2.45) is 0 Å². The Morgan fingerprint density at radius 3 is 2.39 bits per heavy atom. The Kier molecular flexibility index (Phi) is 4.29. The standard InChI is InChI=1S/C27H22FNO2/c1-16-14-21-18-6-4-5-9-23(18)31-27(21)22(15-16)26-20-8-3-2-7-19(20)24(28)25(29-26)17-10-12-30-13-11-17/h2-9,14-15,17H,10-13H2,1H3. The predicted molar refractivity (Wildman–Crippen MR) is 122 cm³/mol. The maximum Gasteiger partial charge on any atom is 0.152 e. The summed E-state index contributed by atoms with van der Waals surface area (Å²) in [6.07, 6.45) is 1.57. The molecule has 0 unspecified atom stereocenters. The number of furan rings is 1. The first kappa shape index (κ1) is 18.5. The van der Waals surface area contributed by atoms with E-state index in [0.29, 0.717) is 24.3 Å². The fraction of sp³-hybridized carbons (Fsp3) is 0.222. The lowest BCUT2D eigenvalue weighted by Gasteiger charge is -2.23. The van der Waals surface area contributed by atoms with E-state index in [1.807, 2.05) is 42.5 Å². The van der Waals surface area contributed by atoms with Gasteiger partial charge in [0.05, 0.1) is 11.4 Å². The van der Waals surface area contributed by atoms with Crippen molar-refractivity contribution in [2.75, 3.05) is 13.2 Å². The first-order chi connectivity index (χ1) is 15.2. The third-order valence-electron chi connectivity index (χ3n) is 6.36. The first-order valence-corrected chi connectivity index (χ1v) is 10.8. The number of rotatable bonds is 2. The second-order valence-corrected chi connectivity index (χ2v) is 8.38. The van der Waals surface area contributed by atoms with Gasteiger partial charge in [-0.15, -0.1) is 0 Å². The smallest absolute Gasteiger partial charge is 0.152 e. The van der Waals surface area contributed by atoms with Gasteiger partial charge in [0, 0.05) is 46.2 Å². The van der Waals surface area contributed by atoms with Crippen molar-refractivity contribution >= 4 is 32.7 Å². The maximum atomic E-state index is 15.6. The fourth-order valence-corrected chi connectivity index (χ4v) is 4.84. The third-order valence-corrected chi connectivity index (χ3v) is 6.36. The zero-order valence-corrected chi connectivity index (χ0v) is 17.3. The van der Waals surface area contributed by atoms with Crippen LogP contribution in [-0.2, 0) is 4.74 Å². The van der Waals surface area contributed by atoms with Gasteiger partial charge in [-0.1, -0.05) is 42.5 Å². The van der Waals surface area contributed by atoms with Gasteiger partial charge in [0.15, 0.2) is 5.82 Å². The summed E-state index contributed by atoms with van der Waals surface area (Å²) in [5.74, 6) is -0.146. The Labute approximate surface area is 179 Å². The third kappa shape index (κ3) is 2.94. The summed E-state index contributed by atoms with van der Waals surface area (Å²) in [5, 5.41) is 3.56. The van der Waals surface area contributed by atoms with E-state index in [9.17, 15) is 0 Å². The van der Waals surface area contributed by atoms with Crippen molar-refractivity contribution in [3.8, 4) is 11.3 Å². The lowest BCUT2D eigenvalue weighted by atomic mass is 9.92. The van der Waals surface area contributed by atoms with Gasteiger partial charge in [-0.3, -0.25) is 0 Å². The van der Waals surface area contributed by atoms with Gasteiger partial charge in [-0.2, -0.15) is 0 Å². The van der Waals surface area contributed by atoms with Crippen molar-refractivity contribution in [1.82, 2.24) is 4.98 Å². The average Bonchev–Trinajstić information content (AvgIpc) is 3.18. The number of nitrogens with zero attached hydrogens (tertiary/aromatic N) is 1. The molecule has 0 atom stereocenters. The number of para-hydroxylation sites is 1. The molecule has 3 aromatic carbocycles. The van der Waals surface area contributed by atoms with Crippen LogP contribution in [0, 0.1) is 12.7 Å². The summed E-state index contributed by atoms with van der Waals surface area (Å²) in [6, 6.07) is 19.9. The van der Waals surface area contributed by atoms with Gasteiger partial charge in [-0.05, 0) is 43.5 Å². The van der Waals surface area contributed by atoms with E-state index in [-0.39, 0.29) is 11.7 Å². The Balaban J connectivity index is 1.70. The zero-order valence-electron chi connectivity index (χ0n) is 17.3. The van der Waals surface area contributed by atoms with E-state index in [1.165, 1.54) is 0 Å². The van der Waals surface area contributed by atoms with Gasteiger partial charge in [0.1, 0.15) is 11.2 Å². The SMILES string of the molecule is Cc1cc(-c2nc(C3CCOCC3)c(F)c3ccccc23)c2oc3ccccc3c2c1. The molecule has 1 aliphatic heterocycles. The summed E-state index contributed by atoms with van der Waals surface area (Å²) in [4.78, 5) is 4.97. The van der Waals surface area contributed by atoms with Crippen LogP contribution in [0.2, 0.25) is 0 Å². The van der Waals surface area contributed by atoms with E-state index in [2.05, 4.69) is 25.1 Å². The van der Waals surface area contributed by atoms with Gasteiger partial charge < -0.3 is 9.15 Å². The molecule has 5 aromatic rings. The van der Waals surface area contributed by atoms with E-state index in [0.717, 1.165) is 57.0 Å². The lowest BCUT2D eigenvalue weighted by molar-refractivity contribution is 0.0838. The van der Waals surface area contributed by atoms with Gasteiger partial charge in [0.25, 0.3) is 0 Å². The summed E-state index contributed by atoms with van der Waals surface area (Å²) in [7, 11) is 0. The number of halogens is 1. The minimum atomic E-state index is -0.209. The fourth-order valence-electron chi connectivity index (χ4n) is 4.84. The van der Waals surface area contributed by atoms with Crippen LogP contribution in [0.25, 0.3) is 44.0 Å². The van der Waals surface area contributed by atoms with E-state index >= 15 is 4.39 Å². The minimum Gasteiger partial charge on any atom is -0.455 e. The van der Waals surface area contributed by atoms with E-state index in [1.54, 1.807) is 0 Å². The monoisotopic (exact) mass is 411 g/mol. The van der Waals surface area contributed by atoms with Crippen LogP contribution in [-0.4, -0.2) is 18.2 Å². The normalized spacial score (nSPS) is 15.3. The van der Waals surface area contributed by atoms with Crippen LogP contribution < -0.4 is 0 Å². The van der Waals surface area contributed by atoms with Crippen LogP contribution in [0.5, 0.6) is 0 Å². The molecule has 0 N–H and O–H groups in total. The molecule has 31 heavy (non-hydrogen) atoms. The molecule has 0 amide bonds. The van der Waals surface area contributed by atoms with E-state index in [4.69, 9.17) is 14.1 Å². The van der Waals surface area contributed by atoms with Crippen molar-refractivity contribution < 1.29 is 13.5 Å². The molecule has 6 rings (SSSR count). The second-order valence-electron chi connectivity index (χ2n) is 8.38. The highest BCUT2D eigenvalue weighted by molar-refractivity contribution is 6.11. The lowest BCUT2D eigenvalue weighted by Crippen LogP contribution is -2.17. The Bertz CT molecular complexity index is 1450. The van der Waals surface area contributed by atoms with E-state index < -0.39 is 0 Å². The predicted octanol–water partition coefficient (Wildman–Crippen LogP) is 7.14. The maximum absolute atomic E-state index is 15.6. The second kappa shape index (κ2) is 7.17. The number of hydrogen-bond donors (Lipinski definition) is 0. The highest BCUT2D eigenvalue weighted by atomic mass is 19.1. The first-order valence-electron chi connectivity index (χ1n) is 10.8. The molecule has 0 saturated carbocycles. The molecular weight excluding hydrogens is 389 g/mol. The minimum absolute atomic E-state index is 0.0630. The summed E-state index contributed by atoms with van der Waals surface area (Å²) < 4.78 is 27.4. The molecule has 3 nitrogen and oxygen atoms in total. The molecule has 1 aliphatic rings. The highest BCUT2D eigenvalue weighted by Crippen LogP contribution is 2.41. The number of hydrogen-bond acceptors (Lipinski definition) is 3. The number of fused-ring (bicyclic) bond motifs is 4. The Morgan fingerprint density at radius 1 is 0.871 bits per heavy atom. The largest absolute Gasteiger partial charge is 0.455 e. The number of benzene rings is 3. The van der Waals surface area contributed by atoms with Crippen LogP contribution >= 0.6 is 0 Å². The molecule has 154 valence electrons. The van der Waals surface area contributed by atoms with Crippen molar-refractivity contribution in [1.29, 1.82) is 0 Å². The van der Waals surface area contributed by atoms with Crippen LogP contribution in [0.4, 0.5) is 4.39 Å². The molecule has 0 spiro atoms. The van der Waals surface area contributed by atoms with Crippen LogP contribution in [0.15, 0.2) is 65.1 Å². The summed E-state index contributed by atoms with van der Waals surface area (Å²) in [6.45, 7) is 3.37. The Morgan fingerprint density at radius 2 is 1.58 bits per heavy atom. The molecule has 4 heteroatoms. The average molecular weight is 411 g/mol.